The van der Waals surface area contributed by atoms with Crippen molar-refractivity contribution >= 4 is 11.8 Å². The average molecular weight is 265 g/mol. The summed E-state index contributed by atoms with van der Waals surface area (Å²) >= 11 is 2.01. The number of rotatable bonds is 7. The van der Waals surface area contributed by atoms with Gasteiger partial charge in [0.1, 0.15) is 0 Å². The van der Waals surface area contributed by atoms with Crippen molar-refractivity contribution in [3.63, 3.8) is 0 Å². The van der Waals surface area contributed by atoms with E-state index in [1.165, 1.54) is 23.3 Å². The zero-order valence-electron chi connectivity index (χ0n) is 12.3. The summed E-state index contributed by atoms with van der Waals surface area (Å²) in [5.74, 6) is 2.32. The molecule has 1 N–H and O–H groups in total. The fourth-order valence-electron chi connectivity index (χ4n) is 1.72. The molecule has 0 atom stereocenters. The highest BCUT2D eigenvalue weighted by Gasteiger charge is 2.08. The molecule has 0 radical (unpaired) electrons. The lowest BCUT2D eigenvalue weighted by atomic mass is 9.92. The summed E-state index contributed by atoms with van der Waals surface area (Å²) in [6.07, 6.45) is 1.25. The smallest absolute Gasteiger partial charge is 0.0185 e. The first-order chi connectivity index (χ1) is 8.47. The van der Waals surface area contributed by atoms with Crippen LogP contribution in [0, 0.1) is 12.3 Å². The quantitative estimate of drug-likeness (QED) is 0.740. The van der Waals surface area contributed by atoms with E-state index < -0.39 is 0 Å². The molecule has 0 unspecified atom stereocenters. The lowest BCUT2D eigenvalue weighted by Crippen LogP contribution is -2.22. The molecule has 1 aromatic rings. The van der Waals surface area contributed by atoms with Crippen LogP contribution >= 0.6 is 11.8 Å². The number of hydrogen-bond acceptors (Lipinski definition) is 2. The van der Waals surface area contributed by atoms with E-state index in [1.54, 1.807) is 0 Å². The van der Waals surface area contributed by atoms with Gasteiger partial charge < -0.3 is 5.32 Å². The van der Waals surface area contributed by atoms with Crippen LogP contribution in [0.3, 0.4) is 0 Å². The van der Waals surface area contributed by atoms with Gasteiger partial charge in [-0.3, -0.25) is 0 Å². The van der Waals surface area contributed by atoms with Crippen molar-refractivity contribution in [1.82, 2.24) is 5.32 Å². The maximum absolute atomic E-state index is 3.52. The number of hydrogen-bond donors (Lipinski definition) is 1. The molecule has 0 aliphatic heterocycles. The molecule has 0 saturated heterocycles. The summed E-state index contributed by atoms with van der Waals surface area (Å²) in [4.78, 5) is 0. The Morgan fingerprint density at radius 1 is 1.17 bits per heavy atom. The topological polar surface area (TPSA) is 12.0 Å². The standard InChI is InChI=1S/C16H27NS/c1-14-6-5-7-15(12-14)13-18-11-10-17-9-8-16(2,3)4/h5-7,12,17H,8-11,13H2,1-4H3. The minimum atomic E-state index is 0.446. The van der Waals surface area contributed by atoms with Crippen molar-refractivity contribution in [3.05, 3.63) is 35.4 Å². The number of benzene rings is 1. The summed E-state index contributed by atoms with van der Waals surface area (Å²) in [6.45, 7) is 11.3. The van der Waals surface area contributed by atoms with Crippen LogP contribution < -0.4 is 5.32 Å². The van der Waals surface area contributed by atoms with Gasteiger partial charge in [-0.25, -0.2) is 0 Å². The molecule has 1 nitrogen and oxygen atoms in total. The number of aryl methyl sites for hydroxylation is 1. The molecular formula is C16H27NS. The van der Waals surface area contributed by atoms with E-state index >= 15 is 0 Å². The van der Waals surface area contributed by atoms with Crippen molar-refractivity contribution in [1.29, 1.82) is 0 Å². The Hall–Kier alpha value is -0.470. The second kappa shape index (κ2) is 7.85. The van der Waals surface area contributed by atoms with E-state index in [1.807, 2.05) is 11.8 Å². The van der Waals surface area contributed by atoms with E-state index in [0.29, 0.717) is 5.41 Å². The van der Waals surface area contributed by atoms with E-state index in [-0.39, 0.29) is 0 Å². The van der Waals surface area contributed by atoms with E-state index in [2.05, 4.69) is 57.3 Å². The summed E-state index contributed by atoms with van der Waals surface area (Å²) < 4.78 is 0. The zero-order valence-corrected chi connectivity index (χ0v) is 13.1. The van der Waals surface area contributed by atoms with Crippen LogP contribution in [0.5, 0.6) is 0 Å². The first kappa shape index (κ1) is 15.6. The van der Waals surface area contributed by atoms with Gasteiger partial charge in [0, 0.05) is 18.1 Å². The van der Waals surface area contributed by atoms with Gasteiger partial charge in [-0.2, -0.15) is 11.8 Å². The second-order valence-electron chi connectivity index (χ2n) is 6.10. The largest absolute Gasteiger partial charge is 0.316 e. The highest BCUT2D eigenvalue weighted by Crippen LogP contribution is 2.17. The number of nitrogens with one attached hydrogen (secondary N) is 1. The predicted octanol–water partition coefficient (Wildman–Crippen LogP) is 4.25. The average Bonchev–Trinajstić information content (AvgIpc) is 2.26. The molecular weight excluding hydrogens is 238 g/mol. The molecule has 1 aromatic carbocycles. The Kier molecular flexibility index (Phi) is 6.80. The Morgan fingerprint density at radius 3 is 2.61 bits per heavy atom. The van der Waals surface area contributed by atoms with Gasteiger partial charge >= 0.3 is 0 Å². The van der Waals surface area contributed by atoms with Crippen LogP contribution in [0.15, 0.2) is 24.3 Å². The summed E-state index contributed by atoms with van der Waals surface area (Å²) in [7, 11) is 0. The molecule has 1 rings (SSSR count). The van der Waals surface area contributed by atoms with Crippen molar-refractivity contribution in [2.45, 2.75) is 39.9 Å². The van der Waals surface area contributed by atoms with Crippen LogP contribution in [0.4, 0.5) is 0 Å². The highest BCUT2D eigenvalue weighted by molar-refractivity contribution is 7.98. The molecule has 2 heteroatoms. The van der Waals surface area contributed by atoms with Crippen molar-refractivity contribution < 1.29 is 0 Å². The maximum atomic E-state index is 3.52. The van der Waals surface area contributed by atoms with E-state index in [9.17, 15) is 0 Å². The minimum Gasteiger partial charge on any atom is -0.316 e. The normalized spacial score (nSPS) is 11.8. The Balaban J connectivity index is 2.02. The molecule has 0 heterocycles. The van der Waals surface area contributed by atoms with Crippen LogP contribution in [-0.2, 0) is 5.75 Å². The van der Waals surface area contributed by atoms with Gasteiger partial charge in [-0.05, 0) is 30.9 Å². The molecule has 0 aromatic heterocycles. The summed E-state index contributed by atoms with van der Waals surface area (Å²) in [6, 6.07) is 8.79. The summed E-state index contributed by atoms with van der Waals surface area (Å²) in [5.41, 5.74) is 3.24. The minimum absolute atomic E-state index is 0.446. The molecule has 0 aliphatic rings. The van der Waals surface area contributed by atoms with Crippen molar-refractivity contribution in [2.24, 2.45) is 5.41 Å². The van der Waals surface area contributed by atoms with Crippen LogP contribution in [0.1, 0.15) is 38.3 Å². The molecule has 0 saturated carbocycles. The first-order valence-electron chi connectivity index (χ1n) is 6.81. The third kappa shape index (κ3) is 7.78. The molecule has 0 amide bonds. The first-order valence-corrected chi connectivity index (χ1v) is 7.97. The lowest BCUT2D eigenvalue weighted by molar-refractivity contribution is 0.369. The highest BCUT2D eigenvalue weighted by atomic mass is 32.2. The van der Waals surface area contributed by atoms with Crippen LogP contribution in [0.25, 0.3) is 0 Å². The monoisotopic (exact) mass is 265 g/mol. The molecule has 0 spiro atoms. The second-order valence-corrected chi connectivity index (χ2v) is 7.21. The fourth-order valence-corrected chi connectivity index (χ4v) is 2.57. The summed E-state index contributed by atoms with van der Waals surface area (Å²) in [5, 5.41) is 3.52. The number of thioether (sulfide) groups is 1. The Labute approximate surface area is 117 Å². The van der Waals surface area contributed by atoms with Crippen LogP contribution in [0.2, 0.25) is 0 Å². The third-order valence-corrected chi connectivity index (χ3v) is 3.86. The molecule has 18 heavy (non-hydrogen) atoms. The predicted molar refractivity (Wildman–Crippen MR) is 84.3 cm³/mol. The van der Waals surface area contributed by atoms with Gasteiger partial charge in [-0.15, -0.1) is 0 Å². The Morgan fingerprint density at radius 2 is 1.94 bits per heavy atom. The molecule has 0 aliphatic carbocycles. The third-order valence-electron chi connectivity index (χ3n) is 2.83. The van der Waals surface area contributed by atoms with E-state index in [0.717, 1.165) is 18.8 Å². The maximum Gasteiger partial charge on any atom is 0.0185 e. The Bertz CT molecular complexity index is 341. The fraction of sp³-hybridized carbons (Fsp3) is 0.625. The van der Waals surface area contributed by atoms with E-state index in [4.69, 9.17) is 0 Å². The molecule has 0 fully saturated rings. The van der Waals surface area contributed by atoms with Gasteiger partial charge in [0.2, 0.25) is 0 Å². The van der Waals surface area contributed by atoms with Crippen molar-refractivity contribution in [2.75, 3.05) is 18.8 Å². The van der Waals surface area contributed by atoms with Gasteiger partial charge in [0.15, 0.2) is 0 Å². The molecule has 0 bridgehead atoms. The van der Waals surface area contributed by atoms with Gasteiger partial charge in [-0.1, -0.05) is 50.6 Å². The van der Waals surface area contributed by atoms with Gasteiger partial charge in [0.05, 0.1) is 0 Å². The molecule has 102 valence electrons. The van der Waals surface area contributed by atoms with Crippen molar-refractivity contribution in [3.8, 4) is 0 Å². The van der Waals surface area contributed by atoms with Gasteiger partial charge in [0.25, 0.3) is 0 Å². The SMILES string of the molecule is Cc1cccc(CSCCNCCC(C)(C)C)c1. The zero-order chi connectivity index (χ0) is 13.4. The van der Waals surface area contributed by atoms with Crippen LogP contribution in [-0.4, -0.2) is 18.8 Å². The lowest BCUT2D eigenvalue weighted by Gasteiger charge is -2.17.